The predicted octanol–water partition coefficient (Wildman–Crippen LogP) is 4.96. The van der Waals surface area contributed by atoms with Crippen LogP contribution in [0.2, 0.25) is 5.02 Å². The van der Waals surface area contributed by atoms with Gasteiger partial charge in [0, 0.05) is 48.1 Å². The summed E-state index contributed by atoms with van der Waals surface area (Å²) in [5.74, 6) is 1.51. The molecule has 2 N–H and O–H groups in total. The van der Waals surface area contributed by atoms with Gasteiger partial charge in [-0.25, -0.2) is 9.97 Å². The number of aldehydes is 1. The zero-order valence-electron chi connectivity index (χ0n) is 20.5. The molecule has 3 aromatic rings. The molecule has 3 atom stereocenters. The Morgan fingerprint density at radius 3 is 2.94 bits per heavy atom. The number of nitrogens with zero attached hydrogens (tertiary/aromatic N) is 3. The van der Waals surface area contributed by atoms with E-state index >= 15 is 0 Å². The van der Waals surface area contributed by atoms with Gasteiger partial charge in [-0.1, -0.05) is 24.6 Å². The summed E-state index contributed by atoms with van der Waals surface area (Å²) in [6.45, 7) is 7.03. The van der Waals surface area contributed by atoms with Gasteiger partial charge in [-0.3, -0.25) is 4.79 Å². The maximum atomic E-state index is 12.9. The molecule has 1 saturated carbocycles. The molecule has 0 bridgehead atoms. The lowest BCUT2D eigenvalue weighted by atomic mass is 10.0. The second kappa shape index (κ2) is 9.36. The van der Waals surface area contributed by atoms with Crippen molar-refractivity contribution < 1.29 is 9.59 Å². The molecule has 2 aromatic heterocycles. The number of hydrogen-bond acceptors (Lipinski definition) is 5. The van der Waals surface area contributed by atoms with Crippen LogP contribution in [0.3, 0.4) is 0 Å². The molecule has 5 rings (SSSR count). The van der Waals surface area contributed by atoms with E-state index < -0.39 is 0 Å². The molecule has 3 heterocycles. The van der Waals surface area contributed by atoms with Crippen LogP contribution in [-0.2, 0) is 21.5 Å². The molecule has 184 valence electrons. The molecule has 0 radical (unpaired) electrons. The Hall–Kier alpha value is -2.77. The number of rotatable bonds is 7. The molecule has 1 aliphatic heterocycles. The molecule has 35 heavy (non-hydrogen) atoms. The van der Waals surface area contributed by atoms with Gasteiger partial charge < -0.3 is 20.0 Å². The third kappa shape index (κ3) is 4.71. The molecule has 2 aliphatic rings. The highest BCUT2D eigenvalue weighted by Gasteiger charge is 2.32. The highest BCUT2D eigenvalue weighted by atomic mass is 35.5. The standard InChI is InChI=1S/C27H32ClN5O2/c1-16(15-34)13-29-19-6-4-18(10-19)26(35)32-24-12-20(21(28)14-30-24)17-5-7-22-23(11-17)33-25(31-22)8-9-27(33,2)3/h5,7,11-12,14-16,18-19,29H,4,6,8-10,13H2,1-3H3,(H,30,32,35)/t16?,18-,19+/m0/s1. The lowest BCUT2D eigenvalue weighted by Crippen LogP contribution is -2.32. The van der Waals surface area contributed by atoms with E-state index in [0.717, 1.165) is 66.4 Å². The van der Waals surface area contributed by atoms with Crippen LogP contribution >= 0.6 is 11.6 Å². The first-order chi connectivity index (χ1) is 16.7. The number of anilines is 1. The molecule has 8 heteroatoms. The van der Waals surface area contributed by atoms with Gasteiger partial charge in [-0.05, 0) is 63.3 Å². The molecule has 0 saturated heterocycles. The van der Waals surface area contributed by atoms with Gasteiger partial charge in [0.2, 0.25) is 5.91 Å². The van der Waals surface area contributed by atoms with Crippen molar-refractivity contribution in [3.8, 4) is 11.1 Å². The van der Waals surface area contributed by atoms with Crippen LogP contribution in [0.5, 0.6) is 0 Å². The number of amides is 1. The average molecular weight is 494 g/mol. The fourth-order valence-corrected chi connectivity index (χ4v) is 5.64. The zero-order valence-corrected chi connectivity index (χ0v) is 21.2. The van der Waals surface area contributed by atoms with Crippen molar-refractivity contribution in [3.05, 3.63) is 41.3 Å². The van der Waals surface area contributed by atoms with Gasteiger partial charge in [0.1, 0.15) is 17.9 Å². The van der Waals surface area contributed by atoms with Gasteiger partial charge in [-0.15, -0.1) is 0 Å². The third-order valence-electron chi connectivity index (χ3n) is 7.47. The fraction of sp³-hybridized carbons (Fsp3) is 0.481. The second-order valence-corrected chi connectivity index (χ2v) is 11.1. The first kappa shape index (κ1) is 23.9. The maximum absolute atomic E-state index is 12.9. The molecule has 1 unspecified atom stereocenters. The van der Waals surface area contributed by atoms with Crippen molar-refractivity contribution in [2.24, 2.45) is 11.8 Å². The minimum atomic E-state index is -0.0760. The number of carbonyl (C=O) groups is 2. The first-order valence-electron chi connectivity index (χ1n) is 12.4. The highest BCUT2D eigenvalue weighted by molar-refractivity contribution is 6.33. The highest BCUT2D eigenvalue weighted by Crippen LogP contribution is 2.38. The molecule has 1 aromatic carbocycles. The van der Waals surface area contributed by atoms with E-state index in [1.54, 1.807) is 6.20 Å². The molecule has 1 aliphatic carbocycles. The smallest absolute Gasteiger partial charge is 0.228 e. The Morgan fingerprint density at radius 2 is 2.14 bits per heavy atom. The van der Waals surface area contributed by atoms with E-state index in [0.29, 0.717) is 17.4 Å². The fourth-order valence-electron chi connectivity index (χ4n) is 5.43. The normalized spacial score (nSPS) is 21.7. The molecule has 7 nitrogen and oxygen atoms in total. The first-order valence-corrected chi connectivity index (χ1v) is 12.8. The second-order valence-electron chi connectivity index (χ2n) is 10.6. The largest absolute Gasteiger partial charge is 0.322 e. The van der Waals surface area contributed by atoms with Crippen molar-refractivity contribution >= 4 is 40.6 Å². The van der Waals surface area contributed by atoms with Crippen LogP contribution in [0.1, 0.15) is 52.3 Å². The number of halogens is 1. The van der Waals surface area contributed by atoms with E-state index in [2.05, 4.69) is 40.1 Å². The summed E-state index contributed by atoms with van der Waals surface area (Å²) in [5.41, 5.74) is 3.93. The molecule has 1 amide bonds. The Kier molecular flexibility index (Phi) is 6.40. The minimum absolute atomic E-state index is 0.0199. The van der Waals surface area contributed by atoms with Crippen LogP contribution in [0.4, 0.5) is 5.82 Å². The van der Waals surface area contributed by atoms with Gasteiger partial charge in [0.15, 0.2) is 0 Å². The van der Waals surface area contributed by atoms with Gasteiger partial charge in [0.05, 0.1) is 16.1 Å². The van der Waals surface area contributed by atoms with Crippen molar-refractivity contribution in [1.29, 1.82) is 0 Å². The lowest BCUT2D eigenvalue weighted by Gasteiger charge is -2.22. The summed E-state index contributed by atoms with van der Waals surface area (Å²) < 4.78 is 2.34. The van der Waals surface area contributed by atoms with E-state index in [1.165, 1.54) is 0 Å². The number of nitrogens with one attached hydrogen (secondary N) is 2. The lowest BCUT2D eigenvalue weighted by molar-refractivity contribution is -0.119. The van der Waals surface area contributed by atoms with Gasteiger partial charge >= 0.3 is 0 Å². The summed E-state index contributed by atoms with van der Waals surface area (Å²) in [6.07, 6.45) is 7.12. The zero-order chi connectivity index (χ0) is 24.7. The van der Waals surface area contributed by atoms with Gasteiger partial charge in [0.25, 0.3) is 0 Å². The van der Waals surface area contributed by atoms with Gasteiger partial charge in [-0.2, -0.15) is 0 Å². The maximum Gasteiger partial charge on any atom is 0.228 e. The molecule has 1 fully saturated rings. The monoisotopic (exact) mass is 493 g/mol. The molecule has 0 spiro atoms. The van der Waals surface area contributed by atoms with Crippen molar-refractivity contribution in [1.82, 2.24) is 19.9 Å². The number of aryl methyl sites for hydroxylation is 1. The molecular weight excluding hydrogens is 462 g/mol. The van der Waals surface area contributed by atoms with E-state index in [4.69, 9.17) is 16.6 Å². The number of fused-ring (bicyclic) bond motifs is 3. The summed E-state index contributed by atoms with van der Waals surface area (Å²) >= 11 is 6.55. The van der Waals surface area contributed by atoms with E-state index in [1.807, 2.05) is 25.1 Å². The summed E-state index contributed by atoms with van der Waals surface area (Å²) in [7, 11) is 0. The number of carbonyl (C=O) groups excluding carboxylic acids is 2. The van der Waals surface area contributed by atoms with E-state index in [9.17, 15) is 9.59 Å². The van der Waals surface area contributed by atoms with Crippen LogP contribution in [-0.4, -0.2) is 39.3 Å². The van der Waals surface area contributed by atoms with Crippen LogP contribution in [0.15, 0.2) is 30.5 Å². The number of benzene rings is 1. The van der Waals surface area contributed by atoms with Crippen molar-refractivity contribution in [3.63, 3.8) is 0 Å². The topological polar surface area (TPSA) is 88.9 Å². The van der Waals surface area contributed by atoms with E-state index in [-0.39, 0.29) is 29.3 Å². The quantitative estimate of drug-likeness (QED) is 0.454. The minimum Gasteiger partial charge on any atom is -0.322 e. The van der Waals surface area contributed by atoms with Crippen LogP contribution in [0.25, 0.3) is 22.2 Å². The third-order valence-corrected chi connectivity index (χ3v) is 7.77. The Labute approximate surface area is 210 Å². The van der Waals surface area contributed by atoms with Crippen molar-refractivity contribution in [2.75, 3.05) is 11.9 Å². The summed E-state index contributed by atoms with van der Waals surface area (Å²) in [5, 5.41) is 6.94. The number of aromatic nitrogens is 3. The molecular formula is C27H32ClN5O2. The van der Waals surface area contributed by atoms with Crippen LogP contribution < -0.4 is 10.6 Å². The summed E-state index contributed by atoms with van der Waals surface area (Å²) in [6, 6.07) is 8.32. The number of hydrogen-bond donors (Lipinski definition) is 2. The Balaban J connectivity index is 1.33. The SMILES string of the molecule is CC(C=O)CN[C@@H]1CC[C@H](C(=O)Nc2cc(-c3ccc4nc5n(c4c3)C(C)(C)CC5)c(Cl)cn2)C1. The van der Waals surface area contributed by atoms with Crippen molar-refractivity contribution in [2.45, 2.75) is 64.5 Å². The van der Waals surface area contributed by atoms with Crippen LogP contribution in [0, 0.1) is 11.8 Å². The number of imidazole rings is 1. The Morgan fingerprint density at radius 1 is 1.31 bits per heavy atom. The average Bonchev–Trinajstić information content (AvgIpc) is 3.53. The number of pyridine rings is 1. The predicted molar refractivity (Wildman–Crippen MR) is 139 cm³/mol. The Bertz CT molecular complexity index is 1280. The summed E-state index contributed by atoms with van der Waals surface area (Å²) in [4.78, 5) is 33.0.